The normalized spacial score (nSPS) is 16.1. The average molecular weight is 533 g/mol. The first-order chi connectivity index (χ1) is 17.3. The van der Waals surface area contributed by atoms with Crippen LogP contribution in [0.5, 0.6) is 5.75 Å². The molecule has 9 heteroatoms. The number of benzene rings is 3. The Morgan fingerprint density at radius 1 is 1.00 bits per heavy atom. The number of hydrogen-bond acceptors (Lipinski definition) is 5. The lowest BCUT2D eigenvalue weighted by Crippen LogP contribution is -2.49. The van der Waals surface area contributed by atoms with Crippen molar-refractivity contribution in [2.45, 2.75) is 24.5 Å². The van der Waals surface area contributed by atoms with E-state index in [9.17, 15) is 12.8 Å². The van der Waals surface area contributed by atoms with Crippen LogP contribution in [0.2, 0.25) is 5.02 Å². The van der Waals surface area contributed by atoms with Gasteiger partial charge in [-0.3, -0.25) is 4.90 Å². The van der Waals surface area contributed by atoms with Crippen LogP contribution in [0, 0.1) is 12.7 Å². The molecule has 36 heavy (non-hydrogen) atoms. The Morgan fingerprint density at radius 2 is 1.75 bits per heavy atom. The van der Waals surface area contributed by atoms with Crippen LogP contribution in [-0.4, -0.2) is 57.5 Å². The molecular formula is C27H30ClFN2O4S. The van der Waals surface area contributed by atoms with Gasteiger partial charge in [0.15, 0.2) is 0 Å². The zero-order valence-electron chi connectivity index (χ0n) is 20.4. The molecule has 1 saturated heterocycles. The molecule has 1 unspecified atom stereocenters. The molecule has 0 aliphatic carbocycles. The van der Waals surface area contributed by atoms with E-state index in [1.165, 1.54) is 16.4 Å². The first-order valence-electron chi connectivity index (χ1n) is 11.7. The summed E-state index contributed by atoms with van der Waals surface area (Å²) in [6.07, 6.45) is -0.267. The first kappa shape index (κ1) is 26.6. The molecule has 4 rings (SSSR count). The highest BCUT2D eigenvalue weighted by molar-refractivity contribution is 7.89. The molecular weight excluding hydrogens is 503 g/mol. The standard InChI is InChI=1S/C27H30ClFN2O4S/c1-20-9-10-25(29)27(15-20)36(32,33)31-13-11-30(12-14-31)18-26(22-6-4-8-24(17-22)34-2)35-19-21-5-3-7-23(28)16-21/h3-10,15-17,26H,11-14,18-19H2,1-2H3. The number of piperazine rings is 1. The molecule has 0 bridgehead atoms. The molecule has 1 atom stereocenters. The summed E-state index contributed by atoms with van der Waals surface area (Å²) < 4.78 is 53.6. The summed E-state index contributed by atoms with van der Waals surface area (Å²) in [6.45, 7) is 4.26. The summed E-state index contributed by atoms with van der Waals surface area (Å²) in [5.41, 5.74) is 2.63. The van der Waals surface area contributed by atoms with Crippen LogP contribution < -0.4 is 4.74 Å². The monoisotopic (exact) mass is 532 g/mol. The van der Waals surface area contributed by atoms with Crippen molar-refractivity contribution in [1.29, 1.82) is 0 Å². The van der Waals surface area contributed by atoms with Crippen LogP contribution in [0.15, 0.2) is 71.6 Å². The van der Waals surface area contributed by atoms with Crippen LogP contribution >= 0.6 is 11.6 Å². The van der Waals surface area contributed by atoms with Crippen molar-refractivity contribution >= 4 is 21.6 Å². The number of hydrogen-bond donors (Lipinski definition) is 0. The summed E-state index contributed by atoms with van der Waals surface area (Å²) >= 11 is 6.13. The number of aryl methyl sites for hydroxylation is 1. The lowest BCUT2D eigenvalue weighted by atomic mass is 10.1. The van der Waals surface area contributed by atoms with E-state index in [1.807, 2.05) is 48.5 Å². The number of nitrogens with zero attached hydrogens (tertiary/aromatic N) is 2. The fourth-order valence-corrected chi connectivity index (χ4v) is 6.04. The van der Waals surface area contributed by atoms with E-state index >= 15 is 0 Å². The maximum Gasteiger partial charge on any atom is 0.246 e. The predicted molar refractivity (Wildman–Crippen MR) is 138 cm³/mol. The van der Waals surface area contributed by atoms with Gasteiger partial charge in [0.25, 0.3) is 0 Å². The van der Waals surface area contributed by atoms with Crippen molar-refractivity contribution in [3.05, 3.63) is 94.3 Å². The minimum atomic E-state index is -3.91. The Labute approximate surface area is 217 Å². The van der Waals surface area contributed by atoms with Crippen LogP contribution in [0.1, 0.15) is 22.8 Å². The largest absolute Gasteiger partial charge is 0.497 e. The number of sulfonamides is 1. The Hall–Kier alpha value is -2.49. The maximum absolute atomic E-state index is 14.3. The Morgan fingerprint density at radius 3 is 2.47 bits per heavy atom. The summed E-state index contributed by atoms with van der Waals surface area (Å²) in [5.74, 6) is 0.00971. The fourth-order valence-electron chi connectivity index (χ4n) is 4.25. The van der Waals surface area contributed by atoms with E-state index in [0.29, 0.717) is 36.8 Å². The van der Waals surface area contributed by atoms with Gasteiger partial charge < -0.3 is 9.47 Å². The van der Waals surface area contributed by atoms with Crippen LogP contribution in [0.4, 0.5) is 4.39 Å². The lowest BCUT2D eigenvalue weighted by Gasteiger charge is -2.36. The van der Waals surface area contributed by atoms with Gasteiger partial charge in [0, 0.05) is 37.7 Å². The second kappa shape index (κ2) is 11.7. The average Bonchev–Trinajstić information content (AvgIpc) is 2.88. The number of ether oxygens (including phenoxy) is 2. The Kier molecular flexibility index (Phi) is 8.64. The van der Waals surface area contributed by atoms with Gasteiger partial charge in [-0.15, -0.1) is 0 Å². The van der Waals surface area contributed by atoms with Crippen LogP contribution in [-0.2, 0) is 21.4 Å². The smallest absolute Gasteiger partial charge is 0.246 e. The first-order valence-corrected chi connectivity index (χ1v) is 13.6. The third-order valence-corrected chi connectivity index (χ3v) is 8.41. The minimum Gasteiger partial charge on any atom is -0.497 e. The summed E-state index contributed by atoms with van der Waals surface area (Å²) in [6, 6.07) is 19.4. The second-order valence-corrected chi connectivity index (χ2v) is 11.2. The Balaban J connectivity index is 1.45. The van der Waals surface area contributed by atoms with Crippen molar-refractivity contribution in [2.24, 2.45) is 0 Å². The molecule has 6 nitrogen and oxygen atoms in total. The molecule has 0 amide bonds. The molecule has 1 heterocycles. The third-order valence-electron chi connectivity index (χ3n) is 6.27. The van der Waals surface area contributed by atoms with E-state index in [1.54, 1.807) is 20.1 Å². The molecule has 0 saturated carbocycles. The zero-order valence-corrected chi connectivity index (χ0v) is 21.9. The third kappa shape index (κ3) is 6.44. The quantitative estimate of drug-likeness (QED) is 0.385. The van der Waals surface area contributed by atoms with Crippen molar-refractivity contribution < 1.29 is 22.3 Å². The predicted octanol–water partition coefficient (Wildman–Crippen LogP) is 5.06. The topological polar surface area (TPSA) is 59.1 Å². The van der Waals surface area contributed by atoms with E-state index in [-0.39, 0.29) is 24.1 Å². The number of rotatable bonds is 9. The molecule has 0 aromatic heterocycles. The van der Waals surface area contributed by atoms with Gasteiger partial charge in [-0.25, -0.2) is 12.8 Å². The van der Waals surface area contributed by atoms with Gasteiger partial charge in [-0.1, -0.05) is 41.9 Å². The molecule has 192 valence electrons. The maximum atomic E-state index is 14.3. The summed E-state index contributed by atoms with van der Waals surface area (Å²) in [7, 11) is -2.28. The zero-order chi connectivity index (χ0) is 25.7. The van der Waals surface area contributed by atoms with Gasteiger partial charge in [-0.05, 0) is 60.0 Å². The molecule has 3 aromatic rings. The fraction of sp³-hybridized carbons (Fsp3) is 0.333. The highest BCUT2D eigenvalue weighted by Crippen LogP contribution is 2.27. The van der Waals surface area contributed by atoms with Gasteiger partial charge in [0.2, 0.25) is 10.0 Å². The Bertz CT molecular complexity index is 1300. The van der Waals surface area contributed by atoms with Crippen LogP contribution in [0.25, 0.3) is 0 Å². The summed E-state index contributed by atoms with van der Waals surface area (Å²) in [5, 5.41) is 0.649. The molecule has 3 aromatic carbocycles. The molecule has 0 radical (unpaired) electrons. The highest BCUT2D eigenvalue weighted by Gasteiger charge is 2.31. The molecule has 1 aliphatic heterocycles. The molecule has 0 N–H and O–H groups in total. The van der Waals surface area contributed by atoms with Gasteiger partial charge in [-0.2, -0.15) is 4.31 Å². The lowest BCUT2D eigenvalue weighted by molar-refractivity contribution is 0.00762. The van der Waals surface area contributed by atoms with Crippen molar-refractivity contribution in [3.8, 4) is 5.75 Å². The highest BCUT2D eigenvalue weighted by atomic mass is 35.5. The minimum absolute atomic E-state index is 0.267. The van der Waals surface area contributed by atoms with Crippen molar-refractivity contribution in [3.63, 3.8) is 0 Å². The van der Waals surface area contributed by atoms with E-state index in [2.05, 4.69) is 4.90 Å². The van der Waals surface area contributed by atoms with E-state index < -0.39 is 15.8 Å². The van der Waals surface area contributed by atoms with E-state index in [4.69, 9.17) is 21.1 Å². The second-order valence-electron chi connectivity index (χ2n) is 8.84. The van der Waals surface area contributed by atoms with E-state index in [0.717, 1.165) is 16.9 Å². The van der Waals surface area contributed by atoms with Gasteiger partial charge in [0.05, 0.1) is 19.8 Å². The van der Waals surface area contributed by atoms with Crippen molar-refractivity contribution in [1.82, 2.24) is 9.21 Å². The SMILES string of the molecule is COc1cccc(C(CN2CCN(S(=O)(=O)c3cc(C)ccc3F)CC2)OCc2cccc(Cl)c2)c1. The molecule has 1 fully saturated rings. The number of halogens is 2. The molecule has 0 spiro atoms. The van der Waals surface area contributed by atoms with Gasteiger partial charge in [0.1, 0.15) is 16.5 Å². The molecule has 1 aliphatic rings. The number of methoxy groups -OCH3 is 1. The summed E-state index contributed by atoms with van der Waals surface area (Å²) in [4.78, 5) is 1.90. The van der Waals surface area contributed by atoms with Crippen LogP contribution in [0.3, 0.4) is 0 Å². The van der Waals surface area contributed by atoms with Gasteiger partial charge >= 0.3 is 0 Å². The van der Waals surface area contributed by atoms with Crippen molar-refractivity contribution in [2.75, 3.05) is 39.8 Å².